The van der Waals surface area contributed by atoms with Crippen molar-refractivity contribution in [1.82, 2.24) is 0 Å². The van der Waals surface area contributed by atoms with Gasteiger partial charge < -0.3 is 0 Å². The maximum absolute atomic E-state index is 11.3. The number of hydrogen-bond donors (Lipinski definition) is 1. The molecule has 2 rings (SSSR count). The van der Waals surface area contributed by atoms with Crippen LogP contribution in [-0.4, -0.2) is 13.0 Å². The second kappa shape index (κ2) is 6.46. The van der Waals surface area contributed by atoms with E-state index in [1.165, 1.54) is 28.8 Å². The summed E-state index contributed by atoms with van der Waals surface area (Å²) >= 11 is 0. The summed E-state index contributed by atoms with van der Waals surface area (Å²) in [4.78, 5) is -0.0389. The van der Waals surface area contributed by atoms with Crippen LogP contribution < -0.4 is 0 Å². The minimum absolute atomic E-state index is 0.0389. The van der Waals surface area contributed by atoms with Gasteiger partial charge in [0, 0.05) is 0 Å². The van der Waals surface area contributed by atoms with Crippen LogP contribution >= 0.6 is 0 Å². The van der Waals surface area contributed by atoms with Crippen molar-refractivity contribution in [3.63, 3.8) is 0 Å². The second-order valence-corrected chi connectivity index (χ2v) is 7.95. The molecule has 0 aromatic heterocycles. The van der Waals surface area contributed by atoms with Crippen molar-refractivity contribution in [2.45, 2.75) is 51.9 Å². The van der Waals surface area contributed by atoms with Crippen LogP contribution in [0.5, 0.6) is 0 Å². The van der Waals surface area contributed by atoms with Gasteiger partial charge in [-0.15, -0.1) is 0 Å². The molecule has 0 aliphatic rings. The fraction of sp³-hybridized carbons (Fsp3) is 0.368. The molecular formula is C19H24O3S. The van der Waals surface area contributed by atoms with Crippen molar-refractivity contribution in [1.29, 1.82) is 0 Å². The highest BCUT2D eigenvalue weighted by Gasteiger charge is 2.14. The molecule has 0 atom stereocenters. The van der Waals surface area contributed by atoms with Gasteiger partial charge in [-0.2, -0.15) is 8.42 Å². The smallest absolute Gasteiger partial charge is 0.282 e. The fourth-order valence-corrected chi connectivity index (χ4v) is 3.66. The molecule has 2 aromatic carbocycles. The van der Waals surface area contributed by atoms with Gasteiger partial charge in [0.25, 0.3) is 10.1 Å². The Hall–Kier alpha value is -1.65. The first-order chi connectivity index (χ1) is 10.6. The van der Waals surface area contributed by atoms with Crippen LogP contribution in [0.3, 0.4) is 0 Å². The van der Waals surface area contributed by atoms with Crippen LogP contribution in [0.1, 0.15) is 53.1 Å². The average molecular weight is 332 g/mol. The van der Waals surface area contributed by atoms with E-state index in [1.54, 1.807) is 0 Å². The summed E-state index contributed by atoms with van der Waals surface area (Å²) in [6, 6.07) is 9.57. The molecule has 0 fully saturated rings. The summed E-state index contributed by atoms with van der Waals surface area (Å²) < 4.78 is 31.9. The number of aryl methyl sites for hydroxylation is 3. The standard InChI is InChI=1S/C19H24O3S/c1-12(2)18-10-16(7-6-13(18)3)11-19-14(4)8-17(9-15(19)5)23(20,21)22/h6-10,12H,11H2,1-5H3,(H,20,21,22). The Morgan fingerprint density at radius 3 is 2.00 bits per heavy atom. The lowest BCUT2D eigenvalue weighted by Gasteiger charge is -2.15. The number of hydrogen-bond acceptors (Lipinski definition) is 2. The zero-order chi connectivity index (χ0) is 17.4. The Balaban J connectivity index is 2.43. The highest BCUT2D eigenvalue weighted by atomic mass is 32.2. The maximum atomic E-state index is 11.3. The van der Waals surface area contributed by atoms with E-state index < -0.39 is 10.1 Å². The van der Waals surface area contributed by atoms with E-state index in [9.17, 15) is 13.0 Å². The van der Waals surface area contributed by atoms with Gasteiger partial charge in [0.05, 0.1) is 4.90 Å². The molecule has 4 heteroatoms. The summed E-state index contributed by atoms with van der Waals surface area (Å²) in [6.07, 6.45) is 0.753. The zero-order valence-corrected chi connectivity index (χ0v) is 15.2. The van der Waals surface area contributed by atoms with Gasteiger partial charge in [0.2, 0.25) is 0 Å². The lowest BCUT2D eigenvalue weighted by Crippen LogP contribution is -2.03. The van der Waals surface area contributed by atoms with Crippen LogP contribution in [0.2, 0.25) is 0 Å². The molecule has 3 nitrogen and oxygen atoms in total. The van der Waals surface area contributed by atoms with Gasteiger partial charge in [0.1, 0.15) is 0 Å². The number of rotatable bonds is 4. The van der Waals surface area contributed by atoms with Crippen molar-refractivity contribution in [3.05, 3.63) is 63.7 Å². The van der Waals surface area contributed by atoms with Crippen LogP contribution in [0.4, 0.5) is 0 Å². The van der Waals surface area contributed by atoms with Crippen molar-refractivity contribution >= 4 is 10.1 Å². The summed E-state index contributed by atoms with van der Waals surface area (Å²) in [5, 5.41) is 0. The van der Waals surface area contributed by atoms with Crippen molar-refractivity contribution in [3.8, 4) is 0 Å². The molecule has 0 saturated heterocycles. The first-order valence-electron chi connectivity index (χ1n) is 7.76. The van der Waals surface area contributed by atoms with Crippen molar-refractivity contribution in [2.24, 2.45) is 0 Å². The van der Waals surface area contributed by atoms with Crippen LogP contribution in [0.25, 0.3) is 0 Å². The predicted octanol–water partition coefficient (Wildman–Crippen LogP) is 4.57. The van der Waals surface area contributed by atoms with E-state index in [2.05, 4.69) is 39.0 Å². The molecule has 0 spiro atoms. The van der Waals surface area contributed by atoms with Gasteiger partial charge in [-0.3, -0.25) is 4.55 Å². The molecule has 2 aromatic rings. The van der Waals surface area contributed by atoms with Gasteiger partial charge in [0.15, 0.2) is 0 Å². The second-order valence-electron chi connectivity index (χ2n) is 6.53. The molecule has 0 bridgehead atoms. The molecule has 0 aliphatic carbocycles. The van der Waals surface area contributed by atoms with Gasteiger partial charge in [-0.05, 0) is 78.6 Å². The number of benzene rings is 2. The zero-order valence-electron chi connectivity index (χ0n) is 14.3. The normalized spacial score (nSPS) is 12.0. The molecule has 0 saturated carbocycles. The predicted molar refractivity (Wildman–Crippen MR) is 93.8 cm³/mol. The minimum atomic E-state index is -4.16. The van der Waals surface area contributed by atoms with E-state index in [4.69, 9.17) is 0 Å². The molecule has 0 aliphatic heterocycles. The van der Waals surface area contributed by atoms with Crippen molar-refractivity contribution < 1.29 is 13.0 Å². The summed E-state index contributed by atoms with van der Waals surface area (Å²) in [5.74, 6) is 0.471. The Morgan fingerprint density at radius 2 is 1.52 bits per heavy atom. The lowest BCUT2D eigenvalue weighted by atomic mass is 9.91. The van der Waals surface area contributed by atoms with Gasteiger partial charge in [-0.1, -0.05) is 32.0 Å². The third-order valence-corrected chi connectivity index (χ3v) is 5.15. The van der Waals surface area contributed by atoms with Gasteiger partial charge in [-0.25, -0.2) is 0 Å². The molecule has 23 heavy (non-hydrogen) atoms. The van der Waals surface area contributed by atoms with E-state index >= 15 is 0 Å². The molecule has 0 amide bonds. The highest BCUT2D eigenvalue weighted by Crippen LogP contribution is 2.25. The van der Waals surface area contributed by atoms with Crippen molar-refractivity contribution in [2.75, 3.05) is 0 Å². The quantitative estimate of drug-likeness (QED) is 0.834. The summed E-state index contributed by atoms with van der Waals surface area (Å²) in [5.41, 5.74) is 6.71. The Morgan fingerprint density at radius 1 is 0.957 bits per heavy atom. The average Bonchev–Trinajstić information content (AvgIpc) is 2.43. The fourth-order valence-electron chi connectivity index (χ4n) is 3.01. The maximum Gasteiger partial charge on any atom is 0.294 e. The van der Waals surface area contributed by atoms with E-state index in [0.717, 1.165) is 23.1 Å². The first kappa shape index (κ1) is 17.7. The molecule has 0 radical (unpaired) electrons. The molecule has 0 heterocycles. The SMILES string of the molecule is Cc1ccc(Cc2c(C)cc(S(=O)(=O)O)cc2C)cc1C(C)C. The van der Waals surface area contributed by atoms with E-state index in [-0.39, 0.29) is 4.90 Å². The van der Waals surface area contributed by atoms with Gasteiger partial charge >= 0.3 is 0 Å². The first-order valence-corrected chi connectivity index (χ1v) is 9.20. The monoisotopic (exact) mass is 332 g/mol. The molecular weight excluding hydrogens is 308 g/mol. The topological polar surface area (TPSA) is 54.4 Å². The third kappa shape index (κ3) is 4.01. The minimum Gasteiger partial charge on any atom is -0.282 e. The Labute approximate surface area is 139 Å². The van der Waals surface area contributed by atoms with E-state index in [1.807, 2.05) is 13.8 Å². The molecule has 1 N–H and O–H groups in total. The van der Waals surface area contributed by atoms with E-state index in [0.29, 0.717) is 5.92 Å². The van der Waals surface area contributed by atoms with Crippen LogP contribution in [0, 0.1) is 20.8 Å². The summed E-state index contributed by atoms with van der Waals surface area (Å²) in [6.45, 7) is 10.3. The Bertz CT molecular complexity index is 811. The lowest BCUT2D eigenvalue weighted by molar-refractivity contribution is 0.483. The Kier molecular flexibility index (Phi) is 4.97. The van der Waals surface area contributed by atoms with Crippen LogP contribution in [0.15, 0.2) is 35.2 Å². The molecule has 0 unspecified atom stereocenters. The molecule has 124 valence electrons. The highest BCUT2D eigenvalue weighted by molar-refractivity contribution is 7.85. The third-order valence-electron chi connectivity index (χ3n) is 4.31. The largest absolute Gasteiger partial charge is 0.294 e. The van der Waals surface area contributed by atoms with Crippen LogP contribution in [-0.2, 0) is 16.5 Å². The summed E-state index contributed by atoms with van der Waals surface area (Å²) in [7, 11) is -4.16.